The molecule has 0 aliphatic heterocycles. The molecule has 0 radical (unpaired) electrons. The van der Waals surface area contributed by atoms with E-state index < -0.39 is 0 Å². The normalized spacial score (nSPS) is 18.8. The first-order valence-corrected chi connectivity index (χ1v) is 5.67. The Morgan fingerprint density at radius 2 is 2.25 bits per heavy atom. The van der Waals surface area contributed by atoms with E-state index in [4.69, 9.17) is 0 Å². The number of halogens is 1. The van der Waals surface area contributed by atoms with Gasteiger partial charge in [0.1, 0.15) is 0 Å². The smallest absolute Gasteiger partial charge is 0.220 e. The fourth-order valence-corrected chi connectivity index (χ4v) is 1.89. The van der Waals surface area contributed by atoms with Crippen LogP contribution in [-0.2, 0) is 4.79 Å². The quantitative estimate of drug-likeness (QED) is 0.725. The second-order valence-electron chi connectivity index (χ2n) is 3.66. The molecule has 1 aliphatic rings. The van der Waals surface area contributed by atoms with Gasteiger partial charge in [-0.1, -0.05) is 22.9 Å². The van der Waals surface area contributed by atoms with Gasteiger partial charge in [-0.2, -0.15) is 0 Å². The topological polar surface area (TPSA) is 29.1 Å². The van der Waals surface area contributed by atoms with E-state index in [0.29, 0.717) is 11.8 Å². The molecule has 0 bridgehead atoms. The Kier molecular flexibility index (Phi) is 3.56. The Morgan fingerprint density at radius 1 is 1.58 bits per heavy atom. The van der Waals surface area contributed by atoms with Crippen LogP contribution in [0.5, 0.6) is 0 Å². The molecule has 0 spiro atoms. The zero-order valence-corrected chi connectivity index (χ0v) is 9.11. The summed E-state index contributed by atoms with van der Waals surface area (Å²) >= 11 is 3.47. The van der Waals surface area contributed by atoms with E-state index in [-0.39, 0.29) is 5.91 Å². The van der Waals surface area contributed by atoms with Crippen molar-refractivity contribution in [3.8, 4) is 0 Å². The van der Waals surface area contributed by atoms with Gasteiger partial charge in [0, 0.05) is 18.3 Å². The van der Waals surface area contributed by atoms with Gasteiger partial charge >= 0.3 is 0 Å². The molecule has 1 saturated carbocycles. The maximum Gasteiger partial charge on any atom is 0.220 e. The lowest BCUT2D eigenvalue weighted by molar-refractivity contribution is -0.121. The van der Waals surface area contributed by atoms with Gasteiger partial charge < -0.3 is 5.32 Å². The third kappa shape index (κ3) is 2.77. The van der Waals surface area contributed by atoms with Crippen molar-refractivity contribution in [3.63, 3.8) is 0 Å². The lowest BCUT2D eigenvalue weighted by atomic mass is 10.1. The number of carbonyl (C=O) groups is 1. The molecular weight excluding hydrogens is 218 g/mol. The Labute approximate surface area is 82.2 Å². The number of amides is 1. The van der Waals surface area contributed by atoms with Crippen LogP contribution in [0.4, 0.5) is 0 Å². The lowest BCUT2D eigenvalue weighted by Crippen LogP contribution is -2.30. The van der Waals surface area contributed by atoms with Gasteiger partial charge in [0.2, 0.25) is 5.91 Å². The van der Waals surface area contributed by atoms with E-state index >= 15 is 0 Å². The summed E-state index contributed by atoms with van der Waals surface area (Å²) in [6, 6.07) is 0. The van der Waals surface area contributed by atoms with Crippen molar-refractivity contribution in [2.45, 2.75) is 32.6 Å². The van der Waals surface area contributed by atoms with Crippen LogP contribution >= 0.6 is 15.9 Å². The molecule has 1 aliphatic carbocycles. The Balaban J connectivity index is 2.12. The maximum atomic E-state index is 11.1. The first-order chi connectivity index (χ1) is 5.72. The van der Waals surface area contributed by atoms with Crippen LogP contribution in [-0.4, -0.2) is 17.8 Å². The van der Waals surface area contributed by atoms with Crippen LogP contribution in [0.3, 0.4) is 0 Å². The number of nitrogens with one attached hydrogen (secondary N) is 1. The molecule has 0 atom stereocenters. The van der Waals surface area contributed by atoms with E-state index in [9.17, 15) is 4.79 Å². The highest BCUT2D eigenvalue weighted by molar-refractivity contribution is 9.09. The molecule has 3 heteroatoms. The van der Waals surface area contributed by atoms with E-state index in [1.807, 2.05) is 6.92 Å². The molecule has 1 amide bonds. The summed E-state index contributed by atoms with van der Waals surface area (Å²) in [5.74, 6) is 0.199. The Morgan fingerprint density at radius 3 is 2.67 bits per heavy atom. The molecule has 1 fully saturated rings. The monoisotopic (exact) mass is 233 g/mol. The minimum Gasteiger partial charge on any atom is -0.356 e. The van der Waals surface area contributed by atoms with Gasteiger partial charge in [0.05, 0.1) is 0 Å². The van der Waals surface area contributed by atoms with Gasteiger partial charge in [0.25, 0.3) is 0 Å². The summed E-state index contributed by atoms with van der Waals surface area (Å²) in [5, 5.41) is 3.99. The van der Waals surface area contributed by atoms with Crippen LogP contribution in [0.1, 0.15) is 32.6 Å². The Bertz CT molecular complexity index is 166. The minimum absolute atomic E-state index is 0.199. The highest BCUT2D eigenvalue weighted by atomic mass is 79.9. The highest BCUT2D eigenvalue weighted by Gasteiger charge is 2.41. The fraction of sp³-hybridized carbons (Fsp3) is 0.889. The van der Waals surface area contributed by atoms with Crippen LogP contribution in [0.25, 0.3) is 0 Å². The zero-order chi connectivity index (χ0) is 9.03. The summed E-state index contributed by atoms with van der Waals surface area (Å²) in [6.45, 7) is 2.88. The number of hydrogen-bond donors (Lipinski definition) is 1. The van der Waals surface area contributed by atoms with Crippen molar-refractivity contribution in [1.82, 2.24) is 5.32 Å². The van der Waals surface area contributed by atoms with Gasteiger partial charge in [-0.25, -0.2) is 0 Å². The molecule has 0 saturated heterocycles. The molecule has 1 rings (SSSR count). The summed E-state index contributed by atoms with van der Waals surface area (Å²) in [5.41, 5.74) is 0.406. The first kappa shape index (κ1) is 10.0. The van der Waals surface area contributed by atoms with Crippen molar-refractivity contribution in [3.05, 3.63) is 0 Å². The van der Waals surface area contributed by atoms with Crippen LogP contribution in [0.2, 0.25) is 0 Å². The predicted octanol–water partition coefficient (Wildman–Crippen LogP) is 2.08. The number of alkyl halides is 1. The van der Waals surface area contributed by atoms with E-state index in [1.54, 1.807) is 0 Å². The summed E-state index contributed by atoms with van der Waals surface area (Å²) < 4.78 is 0. The molecular formula is C9H16BrNO. The largest absolute Gasteiger partial charge is 0.356 e. The van der Waals surface area contributed by atoms with Crippen molar-refractivity contribution >= 4 is 21.8 Å². The first-order valence-electron chi connectivity index (χ1n) is 4.55. The van der Waals surface area contributed by atoms with Crippen molar-refractivity contribution < 1.29 is 4.79 Å². The van der Waals surface area contributed by atoms with Gasteiger partial charge in [-0.15, -0.1) is 0 Å². The van der Waals surface area contributed by atoms with Gasteiger partial charge in [-0.05, 0) is 24.7 Å². The van der Waals surface area contributed by atoms with Gasteiger partial charge in [0.15, 0.2) is 0 Å². The van der Waals surface area contributed by atoms with Gasteiger partial charge in [-0.3, -0.25) is 4.79 Å². The van der Waals surface area contributed by atoms with Crippen LogP contribution in [0.15, 0.2) is 0 Å². The predicted molar refractivity (Wildman–Crippen MR) is 53.4 cm³/mol. The second-order valence-corrected chi connectivity index (χ2v) is 4.22. The zero-order valence-electron chi connectivity index (χ0n) is 7.53. The molecule has 0 aromatic heterocycles. The van der Waals surface area contributed by atoms with Crippen LogP contribution < -0.4 is 5.32 Å². The summed E-state index contributed by atoms with van der Waals surface area (Å²) in [4.78, 5) is 11.1. The SMILES string of the molecule is CCCC(=O)NCC1(CBr)CC1. The second kappa shape index (κ2) is 4.26. The summed E-state index contributed by atoms with van der Waals surface area (Å²) in [7, 11) is 0. The molecule has 0 heterocycles. The fourth-order valence-electron chi connectivity index (χ4n) is 1.14. The van der Waals surface area contributed by atoms with Crippen molar-refractivity contribution in [1.29, 1.82) is 0 Å². The number of rotatable bonds is 5. The third-order valence-electron chi connectivity index (χ3n) is 2.38. The molecule has 0 aromatic rings. The van der Waals surface area contributed by atoms with Crippen LogP contribution in [0, 0.1) is 5.41 Å². The molecule has 0 aromatic carbocycles. The molecule has 2 nitrogen and oxygen atoms in total. The maximum absolute atomic E-state index is 11.1. The molecule has 1 N–H and O–H groups in total. The van der Waals surface area contributed by atoms with Crippen molar-refractivity contribution in [2.75, 3.05) is 11.9 Å². The highest BCUT2D eigenvalue weighted by Crippen LogP contribution is 2.46. The minimum atomic E-state index is 0.199. The van der Waals surface area contributed by atoms with E-state index in [2.05, 4.69) is 21.2 Å². The molecule has 70 valence electrons. The molecule has 0 unspecified atom stereocenters. The van der Waals surface area contributed by atoms with E-state index in [1.165, 1.54) is 12.8 Å². The standard InChI is InChI=1S/C9H16BrNO/c1-2-3-8(12)11-7-9(6-10)4-5-9/h2-7H2,1H3,(H,11,12). The van der Waals surface area contributed by atoms with Crippen molar-refractivity contribution in [2.24, 2.45) is 5.41 Å². The summed E-state index contributed by atoms with van der Waals surface area (Å²) in [6.07, 6.45) is 4.11. The average molecular weight is 234 g/mol. The Hall–Kier alpha value is -0.0500. The third-order valence-corrected chi connectivity index (χ3v) is 3.57. The lowest BCUT2D eigenvalue weighted by Gasteiger charge is -2.11. The van der Waals surface area contributed by atoms with E-state index in [0.717, 1.165) is 18.3 Å². The number of hydrogen-bond acceptors (Lipinski definition) is 1. The average Bonchev–Trinajstić information content (AvgIpc) is 2.82. The molecule has 12 heavy (non-hydrogen) atoms. The number of carbonyl (C=O) groups excluding carboxylic acids is 1.